The number of hydrogen-bond donors (Lipinski definition) is 2. The van der Waals surface area contributed by atoms with Gasteiger partial charge in [0.15, 0.2) is 0 Å². The number of benzene rings is 2. The van der Waals surface area contributed by atoms with Gasteiger partial charge in [-0.25, -0.2) is 0 Å². The third kappa shape index (κ3) is 4.17. The first-order valence-corrected chi connectivity index (χ1v) is 10.6. The Kier molecular flexibility index (Phi) is 5.31. The Labute approximate surface area is 169 Å². The molecule has 1 fully saturated rings. The molecule has 0 saturated heterocycles. The normalized spacial score (nSPS) is 21.0. The summed E-state index contributed by atoms with van der Waals surface area (Å²) < 4.78 is 0. The van der Waals surface area contributed by atoms with Gasteiger partial charge in [-0.15, -0.1) is 11.8 Å². The van der Waals surface area contributed by atoms with Crippen LogP contribution >= 0.6 is 11.8 Å². The molecule has 1 aliphatic heterocycles. The van der Waals surface area contributed by atoms with Crippen LogP contribution in [0.4, 0.5) is 11.4 Å². The van der Waals surface area contributed by atoms with Crippen molar-refractivity contribution in [2.45, 2.75) is 48.9 Å². The summed E-state index contributed by atoms with van der Waals surface area (Å²) >= 11 is 1.85. The average molecular weight is 396 g/mol. The van der Waals surface area contributed by atoms with Gasteiger partial charge in [0, 0.05) is 33.5 Å². The zero-order valence-electron chi connectivity index (χ0n) is 16.1. The molecule has 5 nitrogen and oxygen atoms in total. The number of anilines is 2. The maximum atomic E-state index is 12.8. The minimum absolute atomic E-state index is 0.0805. The minimum Gasteiger partial charge on any atom is -0.357 e. The molecule has 4 rings (SSSR count). The first-order chi connectivity index (χ1) is 13.5. The molecule has 1 saturated carbocycles. The van der Waals surface area contributed by atoms with E-state index in [2.05, 4.69) is 41.5 Å². The number of amides is 2. The number of para-hydroxylation sites is 1. The summed E-state index contributed by atoms with van der Waals surface area (Å²) in [6.07, 6.45) is 2.10. The zero-order chi connectivity index (χ0) is 19.7. The summed E-state index contributed by atoms with van der Waals surface area (Å²) in [5, 5.41) is 6.33. The lowest BCUT2D eigenvalue weighted by Crippen LogP contribution is -2.46. The molecule has 146 valence electrons. The largest absolute Gasteiger partial charge is 0.357 e. The molecule has 1 aliphatic carbocycles. The first kappa shape index (κ1) is 18.9. The Hall–Kier alpha value is -2.47. The zero-order valence-corrected chi connectivity index (χ0v) is 17.0. The molecule has 1 heterocycles. The van der Waals surface area contributed by atoms with E-state index in [1.807, 2.05) is 30.0 Å². The fourth-order valence-corrected chi connectivity index (χ4v) is 4.59. The van der Waals surface area contributed by atoms with Gasteiger partial charge in [0.2, 0.25) is 5.91 Å². The van der Waals surface area contributed by atoms with E-state index in [1.165, 1.54) is 4.90 Å². The summed E-state index contributed by atoms with van der Waals surface area (Å²) in [5.41, 5.74) is 2.33. The van der Waals surface area contributed by atoms with Gasteiger partial charge in [-0.3, -0.25) is 9.59 Å². The van der Waals surface area contributed by atoms with Crippen LogP contribution in [0.1, 0.15) is 37.0 Å². The van der Waals surface area contributed by atoms with Gasteiger partial charge in [0.25, 0.3) is 5.91 Å². The number of rotatable bonds is 5. The molecule has 0 aromatic heterocycles. The SMILES string of the molecule is C[C@@H]1Sc2ccccc2N(CC(=O)Nc2cccc(C(=O)NC3CC3)c2)[C@@H]1C. The van der Waals surface area contributed by atoms with Crippen molar-refractivity contribution in [3.63, 3.8) is 0 Å². The first-order valence-electron chi connectivity index (χ1n) is 9.74. The van der Waals surface area contributed by atoms with Gasteiger partial charge in [-0.2, -0.15) is 0 Å². The third-order valence-electron chi connectivity index (χ3n) is 5.29. The number of carbonyl (C=O) groups excluding carboxylic acids is 2. The fraction of sp³-hybridized carbons (Fsp3) is 0.364. The monoisotopic (exact) mass is 395 g/mol. The van der Waals surface area contributed by atoms with Crippen molar-refractivity contribution in [2.75, 3.05) is 16.8 Å². The predicted octanol–water partition coefficient (Wildman–Crippen LogP) is 3.91. The lowest BCUT2D eigenvalue weighted by atomic mass is 10.1. The summed E-state index contributed by atoms with van der Waals surface area (Å²) in [5.74, 6) is -0.163. The van der Waals surface area contributed by atoms with E-state index < -0.39 is 0 Å². The van der Waals surface area contributed by atoms with Crippen molar-refractivity contribution < 1.29 is 9.59 Å². The van der Waals surface area contributed by atoms with Crippen molar-refractivity contribution in [1.82, 2.24) is 5.32 Å². The van der Waals surface area contributed by atoms with Crippen LogP contribution in [0, 0.1) is 0 Å². The van der Waals surface area contributed by atoms with E-state index >= 15 is 0 Å². The van der Waals surface area contributed by atoms with E-state index in [0.717, 1.165) is 18.5 Å². The molecule has 2 aliphatic rings. The van der Waals surface area contributed by atoms with Crippen LogP contribution in [0.25, 0.3) is 0 Å². The molecule has 0 unspecified atom stereocenters. The molecule has 0 radical (unpaired) electrons. The molecule has 2 amide bonds. The van der Waals surface area contributed by atoms with Crippen LogP contribution in [0.2, 0.25) is 0 Å². The van der Waals surface area contributed by atoms with Gasteiger partial charge >= 0.3 is 0 Å². The number of fused-ring (bicyclic) bond motifs is 1. The van der Waals surface area contributed by atoms with Crippen LogP contribution in [-0.2, 0) is 4.79 Å². The molecular formula is C22H25N3O2S. The standard InChI is InChI=1S/C22H25N3O2S/c1-14-15(2)28-20-9-4-3-8-19(20)25(14)13-21(26)23-18-7-5-6-16(12-18)22(27)24-17-10-11-17/h3-9,12,14-15,17H,10-11,13H2,1-2H3,(H,23,26)(H,24,27)/t14-,15+/m1/s1. The molecule has 28 heavy (non-hydrogen) atoms. The quantitative estimate of drug-likeness (QED) is 0.806. The molecule has 6 heteroatoms. The summed E-state index contributed by atoms with van der Waals surface area (Å²) in [6, 6.07) is 15.9. The molecular weight excluding hydrogens is 370 g/mol. The van der Waals surface area contributed by atoms with Gasteiger partial charge < -0.3 is 15.5 Å². The lowest BCUT2D eigenvalue weighted by Gasteiger charge is -2.39. The van der Waals surface area contributed by atoms with E-state index in [0.29, 0.717) is 22.5 Å². The number of thioether (sulfide) groups is 1. The van der Waals surface area contributed by atoms with Crippen molar-refractivity contribution in [3.05, 3.63) is 54.1 Å². The Balaban J connectivity index is 1.45. The Bertz CT molecular complexity index is 897. The van der Waals surface area contributed by atoms with Crippen LogP contribution in [0.3, 0.4) is 0 Å². The lowest BCUT2D eigenvalue weighted by molar-refractivity contribution is -0.115. The molecule has 0 spiro atoms. The van der Waals surface area contributed by atoms with Crippen molar-refractivity contribution >= 4 is 35.0 Å². The second kappa shape index (κ2) is 7.87. The van der Waals surface area contributed by atoms with Crippen molar-refractivity contribution in [3.8, 4) is 0 Å². The highest BCUT2D eigenvalue weighted by atomic mass is 32.2. The van der Waals surface area contributed by atoms with Crippen LogP contribution in [0.15, 0.2) is 53.4 Å². The van der Waals surface area contributed by atoms with Crippen molar-refractivity contribution in [2.24, 2.45) is 0 Å². The van der Waals surface area contributed by atoms with E-state index in [9.17, 15) is 9.59 Å². The van der Waals surface area contributed by atoms with Gasteiger partial charge in [0.1, 0.15) is 0 Å². The maximum absolute atomic E-state index is 12.8. The van der Waals surface area contributed by atoms with E-state index in [1.54, 1.807) is 18.2 Å². The van der Waals surface area contributed by atoms with Gasteiger partial charge in [-0.05, 0) is 50.1 Å². The number of carbonyl (C=O) groups is 2. The number of nitrogens with zero attached hydrogens (tertiary/aromatic N) is 1. The minimum atomic E-state index is -0.0829. The highest BCUT2D eigenvalue weighted by Gasteiger charge is 2.30. The van der Waals surface area contributed by atoms with Crippen LogP contribution in [-0.4, -0.2) is 35.7 Å². The smallest absolute Gasteiger partial charge is 0.251 e. The Morgan fingerprint density at radius 1 is 1.11 bits per heavy atom. The Morgan fingerprint density at radius 2 is 1.89 bits per heavy atom. The fourth-order valence-electron chi connectivity index (χ4n) is 3.38. The van der Waals surface area contributed by atoms with Gasteiger partial charge in [0.05, 0.1) is 12.2 Å². The molecule has 2 atom stereocenters. The molecule has 0 bridgehead atoms. The van der Waals surface area contributed by atoms with E-state index in [4.69, 9.17) is 0 Å². The highest BCUT2D eigenvalue weighted by Crippen LogP contribution is 2.41. The maximum Gasteiger partial charge on any atom is 0.251 e. The summed E-state index contributed by atoms with van der Waals surface area (Å²) in [7, 11) is 0. The Morgan fingerprint density at radius 3 is 2.68 bits per heavy atom. The molecule has 2 N–H and O–H groups in total. The van der Waals surface area contributed by atoms with E-state index in [-0.39, 0.29) is 24.4 Å². The number of hydrogen-bond acceptors (Lipinski definition) is 4. The van der Waals surface area contributed by atoms with Gasteiger partial charge in [-0.1, -0.05) is 25.1 Å². The second-order valence-electron chi connectivity index (χ2n) is 7.54. The predicted molar refractivity (Wildman–Crippen MR) is 114 cm³/mol. The number of nitrogens with one attached hydrogen (secondary N) is 2. The van der Waals surface area contributed by atoms with Crippen molar-refractivity contribution in [1.29, 1.82) is 0 Å². The third-order valence-corrected chi connectivity index (χ3v) is 6.66. The average Bonchev–Trinajstić information content (AvgIpc) is 3.49. The van der Waals surface area contributed by atoms with Crippen LogP contribution < -0.4 is 15.5 Å². The van der Waals surface area contributed by atoms with Crippen LogP contribution in [0.5, 0.6) is 0 Å². The summed E-state index contributed by atoms with van der Waals surface area (Å²) in [6.45, 7) is 4.63. The summed E-state index contributed by atoms with van der Waals surface area (Å²) in [4.78, 5) is 28.4. The highest BCUT2D eigenvalue weighted by molar-refractivity contribution is 8.00. The molecule has 2 aromatic carbocycles. The second-order valence-corrected chi connectivity index (χ2v) is 8.96. The molecule has 2 aromatic rings. The topological polar surface area (TPSA) is 61.4 Å².